The van der Waals surface area contributed by atoms with Crippen molar-refractivity contribution < 1.29 is 0 Å². The van der Waals surface area contributed by atoms with Crippen LogP contribution in [-0.4, -0.2) is 14.8 Å². The van der Waals surface area contributed by atoms with Gasteiger partial charge in [0.05, 0.1) is 16.3 Å². The van der Waals surface area contributed by atoms with Crippen molar-refractivity contribution in [2.45, 2.75) is 26.3 Å². The first kappa shape index (κ1) is 19.1. The number of hydrogen-bond donors (Lipinski definition) is 0. The van der Waals surface area contributed by atoms with E-state index < -0.39 is 0 Å². The van der Waals surface area contributed by atoms with Crippen LogP contribution in [0, 0.1) is 6.92 Å². The van der Waals surface area contributed by atoms with Crippen molar-refractivity contribution in [2.24, 2.45) is 0 Å². The highest BCUT2D eigenvalue weighted by molar-refractivity contribution is 7.19. The Morgan fingerprint density at radius 1 is 1.04 bits per heavy atom. The van der Waals surface area contributed by atoms with Gasteiger partial charge in [-0.2, -0.15) is 5.10 Å². The van der Waals surface area contributed by atoms with Crippen LogP contribution in [0.1, 0.15) is 23.4 Å². The zero-order valence-electron chi connectivity index (χ0n) is 15.3. The summed E-state index contributed by atoms with van der Waals surface area (Å²) in [4.78, 5) is 17.5. The molecule has 2 aromatic carbocycles. The number of fused-ring (bicyclic) bond motifs is 1. The lowest BCUT2D eigenvalue weighted by molar-refractivity contribution is 0.523. The lowest BCUT2D eigenvalue weighted by atomic mass is 10.0. The molecule has 0 aliphatic rings. The Kier molecular flexibility index (Phi) is 5.23. The first-order chi connectivity index (χ1) is 13.4. The van der Waals surface area contributed by atoms with Gasteiger partial charge in [0.15, 0.2) is 5.52 Å². The van der Waals surface area contributed by atoms with Crippen molar-refractivity contribution in [3.8, 4) is 11.3 Å². The second-order valence-corrected chi connectivity index (χ2v) is 8.78. The number of halogens is 2. The molecule has 0 N–H and O–H groups in total. The van der Waals surface area contributed by atoms with Crippen LogP contribution >= 0.6 is 34.5 Å². The van der Waals surface area contributed by atoms with E-state index in [0.717, 1.165) is 26.5 Å². The minimum absolute atomic E-state index is 0.0951. The van der Waals surface area contributed by atoms with Gasteiger partial charge in [0, 0.05) is 21.5 Å². The second kappa shape index (κ2) is 7.66. The van der Waals surface area contributed by atoms with Crippen molar-refractivity contribution in [2.75, 3.05) is 0 Å². The monoisotopic (exact) mass is 429 g/mol. The van der Waals surface area contributed by atoms with E-state index in [1.54, 1.807) is 0 Å². The summed E-state index contributed by atoms with van der Waals surface area (Å²) < 4.78 is 2.32. The largest absolute Gasteiger partial charge is 0.294 e. The fourth-order valence-electron chi connectivity index (χ4n) is 3.14. The van der Waals surface area contributed by atoms with Gasteiger partial charge < -0.3 is 0 Å². The standard InChI is InChI=1S/C21H17Cl2N3OS/c1-12(14-3-7-16(22)8-4-14)11-26-21(27)19-20(28-13(2)24-19)18(25-26)15-5-9-17(23)10-6-15/h3-10,12H,11H2,1-2H3/t12-/m0/s1. The van der Waals surface area contributed by atoms with Gasteiger partial charge in [-0.05, 0) is 36.8 Å². The summed E-state index contributed by atoms with van der Waals surface area (Å²) in [7, 11) is 0. The zero-order valence-corrected chi connectivity index (χ0v) is 17.6. The summed E-state index contributed by atoms with van der Waals surface area (Å²) in [5.41, 5.74) is 3.05. The summed E-state index contributed by atoms with van der Waals surface area (Å²) >= 11 is 13.5. The molecule has 1 atom stereocenters. The molecular weight excluding hydrogens is 413 g/mol. The third-order valence-corrected chi connectivity index (χ3v) is 6.09. The van der Waals surface area contributed by atoms with E-state index in [2.05, 4.69) is 11.9 Å². The van der Waals surface area contributed by atoms with Gasteiger partial charge in [0.2, 0.25) is 0 Å². The van der Waals surface area contributed by atoms with Crippen molar-refractivity contribution in [1.82, 2.24) is 14.8 Å². The van der Waals surface area contributed by atoms with E-state index in [4.69, 9.17) is 28.3 Å². The van der Waals surface area contributed by atoms with Crippen LogP contribution in [0.5, 0.6) is 0 Å². The molecule has 0 aliphatic carbocycles. The quantitative estimate of drug-likeness (QED) is 0.403. The number of nitrogens with zero attached hydrogens (tertiary/aromatic N) is 3. The molecule has 0 spiro atoms. The molecule has 0 fully saturated rings. The van der Waals surface area contributed by atoms with Gasteiger partial charge in [-0.1, -0.05) is 54.4 Å². The fraction of sp³-hybridized carbons (Fsp3) is 0.190. The van der Waals surface area contributed by atoms with Gasteiger partial charge in [0.25, 0.3) is 5.56 Å². The molecule has 4 aromatic rings. The third-order valence-electron chi connectivity index (χ3n) is 4.61. The average Bonchev–Trinajstić information content (AvgIpc) is 3.07. The van der Waals surface area contributed by atoms with Crippen LogP contribution in [0.3, 0.4) is 0 Å². The fourth-order valence-corrected chi connectivity index (χ4v) is 4.31. The van der Waals surface area contributed by atoms with Crippen LogP contribution in [0.2, 0.25) is 10.0 Å². The SMILES string of the molecule is Cc1nc2c(=O)n(C[C@H](C)c3ccc(Cl)cc3)nc(-c3ccc(Cl)cc3)c2s1. The van der Waals surface area contributed by atoms with Crippen LogP contribution in [0.25, 0.3) is 21.5 Å². The Bertz CT molecular complexity index is 1200. The lowest BCUT2D eigenvalue weighted by Crippen LogP contribution is -2.26. The lowest BCUT2D eigenvalue weighted by Gasteiger charge is -2.14. The van der Waals surface area contributed by atoms with Gasteiger partial charge in [0.1, 0.15) is 5.69 Å². The maximum absolute atomic E-state index is 13.0. The molecule has 2 aromatic heterocycles. The zero-order chi connectivity index (χ0) is 19.8. The second-order valence-electron chi connectivity index (χ2n) is 6.71. The summed E-state index contributed by atoms with van der Waals surface area (Å²) in [5.74, 6) is 0.0951. The Morgan fingerprint density at radius 2 is 1.64 bits per heavy atom. The molecule has 7 heteroatoms. The van der Waals surface area contributed by atoms with Gasteiger partial charge in [-0.25, -0.2) is 9.67 Å². The Balaban J connectivity index is 1.82. The molecule has 28 heavy (non-hydrogen) atoms. The number of thiazole rings is 1. The van der Waals surface area contributed by atoms with Crippen LogP contribution < -0.4 is 5.56 Å². The van der Waals surface area contributed by atoms with E-state index in [9.17, 15) is 4.79 Å². The average molecular weight is 430 g/mol. The highest BCUT2D eigenvalue weighted by atomic mass is 35.5. The summed E-state index contributed by atoms with van der Waals surface area (Å²) in [6, 6.07) is 15.1. The Labute approximate surface area is 176 Å². The molecule has 4 nitrogen and oxygen atoms in total. The smallest absolute Gasteiger partial charge is 0.265 e. The van der Waals surface area contributed by atoms with E-state index in [1.165, 1.54) is 16.0 Å². The summed E-state index contributed by atoms with van der Waals surface area (Å²) in [5, 5.41) is 6.89. The number of benzene rings is 2. The van der Waals surface area contributed by atoms with Crippen molar-refractivity contribution in [1.29, 1.82) is 0 Å². The van der Waals surface area contributed by atoms with E-state index >= 15 is 0 Å². The van der Waals surface area contributed by atoms with Gasteiger partial charge >= 0.3 is 0 Å². The predicted molar refractivity (Wildman–Crippen MR) is 117 cm³/mol. The van der Waals surface area contributed by atoms with Crippen molar-refractivity contribution >= 4 is 44.8 Å². The van der Waals surface area contributed by atoms with Crippen molar-refractivity contribution in [3.05, 3.63) is 79.5 Å². The normalized spacial score (nSPS) is 12.4. The Morgan fingerprint density at radius 3 is 2.29 bits per heavy atom. The van der Waals surface area contributed by atoms with E-state index in [-0.39, 0.29) is 11.5 Å². The van der Waals surface area contributed by atoms with Crippen LogP contribution in [0.4, 0.5) is 0 Å². The number of hydrogen-bond acceptors (Lipinski definition) is 4. The minimum atomic E-state index is -0.169. The summed E-state index contributed by atoms with van der Waals surface area (Å²) in [6.45, 7) is 4.42. The topological polar surface area (TPSA) is 47.8 Å². The highest BCUT2D eigenvalue weighted by Gasteiger charge is 2.18. The number of aromatic nitrogens is 3. The van der Waals surface area contributed by atoms with Crippen molar-refractivity contribution in [3.63, 3.8) is 0 Å². The highest BCUT2D eigenvalue weighted by Crippen LogP contribution is 2.30. The van der Waals surface area contributed by atoms with Gasteiger partial charge in [-0.3, -0.25) is 4.79 Å². The molecule has 0 unspecified atom stereocenters. The Hall–Kier alpha value is -2.21. The molecule has 0 radical (unpaired) electrons. The number of aryl methyl sites for hydroxylation is 1. The third kappa shape index (κ3) is 3.70. The first-order valence-corrected chi connectivity index (χ1v) is 10.4. The molecular formula is C21H17Cl2N3OS. The maximum Gasteiger partial charge on any atom is 0.294 e. The molecule has 142 valence electrons. The molecule has 4 rings (SSSR count). The maximum atomic E-state index is 13.0. The van der Waals surface area contributed by atoms with E-state index in [1.807, 2.05) is 55.5 Å². The minimum Gasteiger partial charge on any atom is -0.265 e. The molecule has 0 aliphatic heterocycles. The van der Waals surface area contributed by atoms with Gasteiger partial charge in [-0.15, -0.1) is 11.3 Å². The molecule has 0 saturated carbocycles. The molecule has 0 bridgehead atoms. The van der Waals surface area contributed by atoms with E-state index in [0.29, 0.717) is 22.1 Å². The molecule has 2 heterocycles. The predicted octanol–water partition coefficient (Wildman–Crippen LogP) is 5.94. The number of rotatable bonds is 4. The molecule has 0 saturated heterocycles. The van der Waals surface area contributed by atoms with Crippen LogP contribution in [-0.2, 0) is 6.54 Å². The van der Waals surface area contributed by atoms with Crippen LogP contribution in [0.15, 0.2) is 53.3 Å². The molecule has 0 amide bonds. The first-order valence-electron chi connectivity index (χ1n) is 8.82. The summed E-state index contributed by atoms with van der Waals surface area (Å²) in [6.07, 6.45) is 0.